The molecule has 3 amide bonds. The first-order chi connectivity index (χ1) is 56.1. The summed E-state index contributed by atoms with van der Waals surface area (Å²) in [4.78, 5) is 77.4. The Morgan fingerprint density at radius 1 is 0.422 bits per heavy atom. The van der Waals surface area contributed by atoms with Gasteiger partial charge >= 0.3 is 0 Å². The van der Waals surface area contributed by atoms with E-state index in [2.05, 4.69) is 187 Å². The summed E-state index contributed by atoms with van der Waals surface area (Å²) < 4.78 is 48.3. The maximum Gasteiger partial charge on any atom is 0.257 e. The van der Waals surface area contributed by atoms with Gasteiger partial charge in [0.2, 0.25) is 17.8 Å². The summed E-state index contributed by atoms with van der Waals surface area (Å²) >= 11 is 0. The number of pyridine rings is 3. The van der Waals surface area contributed by atoms with E-state index in [1.54, 1.807) is 50.5 Å². The van der Waals surface area contributed by atoms with Gasteiger partial charge in [0.1, 0.15) is 17.1 Å². The number of likely N-dealkylation sites (N-methyl/N-ethyl adjacent to an activating group) is 3. The van der Waals surface area contributed by atoms with Crippen LogP contribution >= 0.6 is 0 Å². The fourth-order valence-electron chi connectivity index (χ4n) is 13.7. The second-order valence-corrected chi connectivity index (χ2v) is 30.6. The molecule has 0 atom stereocenters. The van der Waals surface area contributed by atoms with E-state index < -0.39 is 17.8 Å². The van der Waals surface area contributed by atoms with E-state index in [0.717, 1.165) is 139 Å². The Labute approximate surface area is 672 Å². The first-order valence-corrected chi connectivity index (χ1v) is 39.1. The van der Waals surface area contributed by atoms with Crippen LogP contribution in [-0.2, 0) is 32.5 Å². The van der Waals surface area contributed by atoms with Gasteiger partial charge in [0, 0.05) is 140 Å². The van der Waals surface area contributed by atoms with E-state index in [1.807, 2.05) is 73.7 Å². The van der Waals surface area contributed by atoms with Gasteiger partial charge in [-0.3, -0.25) is 29.1 Å². The van der Waals surface area contributed by atoms with Crippen LogP contribution in [0.5, 0.6) is 0 Å². The number of piperazine rings is 3. The molecular formula is C89H92F3N21O3. The number of aromatic nitrogens is 12. The molecule has 4 aliphatic rings. The molecule has 1 saturated carbocycles. The zero-order valence-electron chi connectivity index (χ0n) is 66.4. The third kappa shape index (κ3) is 20.9. The number of aryl methyl sites for hydroxylation is 3. The fraction of sp³-hybridized carbons (Fsp3) is 0.326. The Hall–Kier alpha value is -12.4. The molecule has 0 bridgehead atoms. The zero-order valence-corrected chi connectivity index (χ0v) is 66.4. The molecule has 3 aliphatic heterocycles. The predicted octanol–water partition coefficient (Wildman–Crippen LogP) is 11.1. The van der Waals surface area contributed by atoms with Crippen LogP contribution in [0.2, 0.25) is 0 Å². The van der Waals surface area contributed by atoms with Crippen LogP contribution in [0.15, 0.2) is 153 Å². The lowest BCUT2D eigenvalue weighted by Gasteiger charge is -2.32. The molecule has 3 aromatic carbocycles. The number of amides is 3. The molecule has 12 heterocycles. The second kappa shape index (κ2) is 36.8. The Balaban J connectivity index is 0.000000144. The number of nitrogens with one attached hydrogen (secondary N) is 3. The van der Waals surface area contributed by atoms with Gasteiger partial charge in [-0.1, -0.05) is 49.8 Å². The average Bonchev–Trinajstić information content (AvgIpc) is 1.68. The maximum absolute atomic E-state index is 14.5. The molecule has 1 aliphatic carbocycles. The Kier molecular flexibility index (Phi) is 25.5. The number of nitrogens with zero attached hydrogens (tertiary/aromatic N) is 18. The minimum atomic E-state index is -0.745. The lowest BCUT2D eigenvalue weighted by atomic mass is 10.1. The molecule has 0 spiro atoms. The third-order valence-corrected chi connectivity index (χ3v) is 21.0. The number of rotatable bonds is 16. The second-order valence-electron chi connectivity index (χ2n) is 30.6. The van der Waals surface area contributed by atoms with E-state index in [0.29, 0.717) is 62.9 Å². The Morgan fingerprint density at radius 3 is 1.14 bits per heavy atom. The predicted molar refractivity (Wildman–Crippen MR) is 440 cm³/mol. The van der Waals surface area contributed by atoms with Gasteiger partial charge in [0.05, 0.1) is 63.4 Å². The van der Waals surface area contributed by atoms with Crippen molar-refractivity contribution in [1.82, 2.24) is 88.1 Å². The van der Waals surface area contributed by atoms with Gasteiger partial charge in [-0.05, 0) is 222 Å². The van der Waals surface area contributed by atoms with Crippen molar-refractivity contribution < 1.29 is 27.6 Å². The molecule has 592 valence electrons. The lowest BCUT2D eigenvalue weighted by molar-refractivity contribution is 0.101. The van der Waals surface area contributed by atoms with Crippen molar-refractivity contribution in [2.75, 3.05) is 116 Å². The van der Waals surface area contributed by atoms with Crippen molar-refractivity contribution in [3.05, 3.63) is 266 Å². The molecule has 116 heavy (non-hydrogen) atoms. The van der Waals surface area contributed by atoms with Crippen LogP contribution in [0.25, 0.3) is 16.9 Å². The van der Waals surface area contributed by atoms with Crippen LogP contribution in [0, 0.1) is 86.0 Å². The number of fused-ring (bicyclic) bond motifs is 3. The summed E-state index contributed by atoms with van der Waals surface area (Å²) in [5.41, 5.74) is 15.3. The highest BCUT2D eigenvalue weighted by atomic mass is 19.1. The molecule has 16 rings (SSSR count). The van der Waals surface area contributed by atoms with Gasteiger partial charge in [0.15, 0.2) is 16.9 Å². The Bertz CT molecular complexity index is 5580. The van der Waals surface area contributed by atoms with E-state index in [9.17, 15) is 27.6 Å². The van der Waals surface area contributed by atoms with Crippen LogP contribution < -0.4 is 16.0 Å². The maximum atomic E-state index is 14.5. The summed E-state index contributed by atoms with van der Waals surface area (Å²) in [6.07, 6.45) is 14.3. The molecule has 0 unspecified atom stereocenters. The first kappa shape index (κ1) is 80.2. The van der Waals surface area contributed by atoms with Crippen LogP contribution in [-0.4, -0.2) is 206 Å². The fourth-order valence-corrected chi connectivity index (χ4v) is 13.7. The Morgan fingerprint density at radius 2 is 0.776 bits per heavy atom. The van der Waals surface area contributed by atoms with Crippen LogP contribution in [0.1, 0.15) is 136 Å². The molecule has 0 radical (unpaired) electrons. The summed E-state index contributed by atoms with van der Waals surface area (Å²) in [5, 5.41) is 22.2. The van der Waals surface area contributed by atoms with Crippen LogP contribution in [0.4, 0.5) is 30.2 Å². The highest BCUT2D eigenvalue weighted by Crippen LogP contribution is 2.32. The van der Waals surface area contributed by atoms with E-state index in [4.69, 9.17) is 0 Å². The molecule has 12 aromatic rings. The number of hydrogen-bond acceptors (Lipinski definition) is 18. The summed E-state index contributed by atoms with van der Waals surface area (Å²) in [7, 11) is 6.44. The van der Waals surface area contributed by atoms with Crippen molar-refractivity contribution in [3.63, 3.8) is 0 Å². The molecule has 3 N–H and O–H groups in total. The number of anilines is 3. The standard InChI is InChI=1S/C31H32FN7O.C31H34FN7O.C27H26FN7O/c1-21-15-26(7-5-24(21)20-38-13-11-37(2)12-14-38)35-31(40)25-17-23(30(32)34-18-25)6-9-28-19-33-29-10-8-27(36-39(28)29)16-22-3-4-22;1-21(2)15-27-8-10-29-33-19-28(39(29)36-27)9-6-23-17-25(18-34-30(23)32)31(40)35-26-7-5-24(22(3)16-26)20-38-13-11-37(4)12-14-38;1-19-14-23(7-5-21(19)18-34-12-10-33(2)11-13-34)32-27(36)22-15-20(26(28)30-16-22)6-8-24-17-29-25-4-3-9-31-35(24)25/h5,7-8,10,15,17-19,22H,3-4,11-14,16,20H2,1-2H3,(H,35,40);5,7-8,10,16-19,21H,11-15,20H2,1-4H3,(H,35,40);3-5,7,9,14-17H,10-13,18H2,1-2H3,(H,32,36). The molecule has 27 heteroatoms. The summed E-state index contributed by atoms with van der Waals surface area (Å²) in [5.74, 6) is 15.0. The molecule has 3 saturated heterocycles. The van der Waals surface area contributed by atoms with E-state index in [-0.39, 0.29) is 51.1 Å². The third-order valence-electron chi connectivity index (χ3n) is 21.0. The number of hydrogen-bond donors (Lipinski definition) is 3. The zero-order chi connectivity index (χ0) is 80.9. The van der Waals surface area contributed by atoms with Crippen molar-refractivity contribution >= 4 is 51.7 Å². The number of imidazole rings is 3. The number of benzene rings is 3. The SMILES string of the molecule is Cc1cc(NC(=O)c2cnc(F)c(C#Cc3cnc4ccc(CC(C)C)nn34)c2)ccc1CN1CCN(C)CC1.Cc1cc(NC(=O)c2cnc(F)c(C#Cc3cnc4ccc(CC5CC5)nn34)c2)ccc1CN1CCN(C)CC1.Cc1cc(NC(=O)c2cnc(F)c(C#Cc3cnc4cccnn34)c2)ccc1CN1CCN(C)CC1. The number of carbonyl (C=O) groups excluding carboxylic acids is 3. The minimum absolute atomic E-state index is 0.0206. The van der Waals surface area contributed by atoms with E-state index >= 15 is 0 Å². The van der Waals surface area contributed by atoms with Crippen LogP contribution in [0.3, 0.4) is 0 Å². The van der Waals surface area contributed by atoms with Gasteiger partial charge in [-0.25, -0.2) is 43.5 Å². The smallest absolute Gasteiger partial charge is 0.257 e. The highest BCUT2D eigenvalue weighted by molar-refractivity contribution is 6.05. The van der Waals surface area contributed by atoms with Crippen molar-refractivity contribution in [3.8, 4) is 35.5 Å². The van der Waals surface area contributed by atoms with Gasteiger partial charge in [-0.2, -0.15) is 28.5 Å². The monoisotopic (exact) mass is 1560 g/mol. The quantitative estimate of drug-likeness (QED) is 0.0602. The molecule has 9 aromatic heterocycles. The van der Waals surface area contributed by atoms with Crippen molar-refractivity contribution in [2.45, 2.75) is 79.9 Å². The normalized spacial score (nSPS) is 15.0. The number of halogens is 3. The largest absolute Gasteiger partial charge is 0.322 e. The van der Waals surface area contributed by atoms with Crippen molar-refractivity contribution in [1.29, 1.82) is 0 Å². The molecule has 4 fully saturated rings. The summed E-state index contributed by atoms with van der Waals surface area (Å²) in [6.45, 7) is 25.8. The number of carbonyl (C=O) groups is 3. The van der Waals surface area contributed by atoms with E-state index in [1.165, 1.54) is 66.3 Å². The van der Waals surface area contributed by atoms with Crippen molar-refractivity contribution in [2.24, 2.45) is 11.8 Å². The lowest BCUT2D eigenvalue weighted by Crippen LogP contribution is -2.43. The molecular weight excluding hydrogens is 1470 g/mol. The topological polar surface area (TPSA) is 236 Å². The average molecular weight is 1560 g/mol. The van der Waals surface area contributed by atoms with Gasteiger partial charge in [-0.15, -0.1) is 0 Å². The molecule has 24 nitrogen and oxygen atoms in total. The summed E-state index contributed by atoms with van der Waals surface area (Å²) in [6, 6.07) is 33.3. The first-order valence-electron chi connectivity index (χ1n) is 39.1. The minimum Gasteiger partial charge on any atom is -0.322 e. The highest BCUT2D eigenvalue weighted by Gasteiger charge is 2.24. The van der Waals surface area contributed by atoms with Gasteiger partial charge < -0.3 is 30.7 Å². The van der Waals surface area contributed by atoms with Gasteiger partial charge in [0.25, 0.3) is 17.7 Å².